The maximum atomic E-state index is 14.1. The molecule has 0 saturated heterocycles. The van der Waals surface area contributed by atoms with Crippen molar-refractivity contribution in [3.8, 4) is 0 Å². The molecule has 0 rings (SSSR count). The Balaban J connectivity index is 7.93. The first-order chi connectivity index (χ1) is 25.1. The summed E-state index contributed by atoms with van der Waals surface area (Å²) in [5.41, 5.74) is 0. The Morgan fingerprint density at radius 1 is 0.217 bits per heavy atom. The average Bonchev–Trinajstić information content (AvgIpc) is 3.02. The minimum Gasteiger partial charge on any atom is -0.262 e. The van der Waals surface area contributed by atoms with Crippen LogP contribution in [0.4, 0.5) is 162 Å². The molecule has 0 N–H and O–H groups in total. The van der Waals surface area contributed by atoms with Crippen molar-refractivity contribution >= 4 is 0 Å². The highest BCUT2D eigenvalue weighted by Gasteiger charge is 3.03. The highest BCUT2D eigenvalue weighted by molar-refractivity contribution is 5.22. The van der Waals surface area contributed by atoms with Crippen molar-refractivity contribution < 1.29 is 167 Å². The van der Waals surface area contributed by atoms with E-state index in [0.717, 1.165) is 0 Å². The van der Waals surface area contributed by atoms with E-state index in [0.29, 0.717) is 0 Å². The normalized spacial score (nSPS) is 17.4. The van der Waals surface area contributed by atoms with Gasteiger partial charge in [0.2, 0.25) is 0 Å². The van der Waals surface area contributed by atoms with Crippen molar-refractivity contribution in [3.63, 3.8) is 0 Å². The van der Waals surface area contributed by atoms with Crippen LogP contribution in [-0.2, 0) is 0 Å². The molecule has 0 heterocycles. The van der Waals surface area contributed by atoms with Crippen molar-refractivity contribution in [1.82, 2.24) is 0 Å². The van der Waals surface area contributed by atoms with Gasteiger partial charge < -0.3 is 0 Å². The second-order valence-electron chi connectivity index (χ2n) is 12.2. The van der Waals surface area contributed by atoms with Crippen LogP contribution in [-0.4, -0.2) is 132 Å². The largest absolute Gasteiger partial charge is 0.461 e. The predicted octanol–water partition coefficient (Wildman–Crippen LogP) is 12.4. The van der Waals surface area contributed by atoms with Crippen molar-refractivity contribution in [2.45, 2.75) is 114 Å². The third kappa shape index (κ3) is 6.21. The monoisotopic (exact) mass is 992 g/mol. The smallest absolute Gasteiger partial charge is 0.262 e. The standard InChI is InChI=1S/C22H11F37N/c1-4-60(2,3)22(58,59)20(53,54)18(49,50)16(45,46)14(41,42)12(37,38)10(33,34)8(29,30)6(25,26)5(23,24)7(27,28)9(31,32)11(35,36)13(39,40)15(43,44)17(47,48)19(51,52)21(55,56)57/h4H2,1-3H3/q+1. The fraction of sp³-hybridized carbons (Fsp3) is 1.00. The van der Waals surface area contributed by atoms with Gasteiger partial charge in [-0.15, -0.1) is 8.78 Å². The van der Waals surface area contributed by atoms with E-state index in [-0.39, 0.29) is 6.92 Å². The maximum absolute atomic E-state index is 14.1. The molecule has 0 aliphatic rings. The summed E-state index contributed by atoms with van der Waals surface area (Å²) >= 11 is 0. The number of rotatable bonds is 18. The van der Waals surface area contributed by atoms with Crippen LogP contribution in [0.5, 0.6) is 0 Å². The fourth-order valence-electron chi connectivity index (χ4n) is 3.71. The number of hydrogen-bond donors (Lipinski definition) is 0. The lowest BCUT2D eigenvalue weighted by Crippen LogP contribution is -2.80. The number of quaternary nitrogens is 1. The molecule has 0 radical (unpaired) electrons. The van der Waals surface area contributed by atoms with Crippen LogP contribution in [0.25, 0.3) is 0 Å². The molecule has 0 atom stereocenters. The summed E-state index contributed by atoms with van der Waals surface area (Å²) in [6, 6.07) is -7.09. The van der Waals surface area contributed by atoms with Crippen molar-refractivity contribution in [3.05, 3.63) is 0 Å². The molecule has 0 saturated carbocycles. The summed E-state index contributed by atoms with van der Waals surface area (Å²) < 4.78 is 503. The first-order valence-corrected chi connectivity index (χ1v) is 13.4. The Bertz CT molecular complexity index is 1560. The van der Waals surface area contributed by atoms with E-state index < -0.39 is 132 Å². The fourth-order valence-corrected chi connectivity index (χ4v) is 3.71. The molecule has 0 spiro atoms. The van der Waals surface area contributed by atoms with Crippen LogP contribution >= 0.6 is 0 Å². The zero-order valence-corrected chi connectivity index (χ0v) is 27.1. The number of alkyl halides is 37. The van der Waals surface area contributed by atoms with Gasteiger partial charge in [0, 0.05) is 0 Å². The van der Waals surface area contributed by atoms with E-state index in [1.807, 2.05) is 0 Å². The summed E-state index contributed by atoms with van der Waals surface area (Å²) in [6.07, 6.45) is -8.46. The molecular weight excluding hydrogens is 981 g/mol. The molecule has 0 aliphatic carbocycles. The van der Waals surface area contributed by atoms with Crippen molar-refractivity contribution in [2.75, 3.05) is 20.6 Å². The van der Waals surface area contributed by atoms with Gasteiger partial charge in [-0.25, -0.2) is 0 Å². The average molecular weight is 992 g/mol. The predicted molar refractivity (Wildman–Crippen MR) is 113 cm³/mol. The van der Waals surface area contributed by atoms with Crippen LogP contribution in [0.15, 0.2) is 0 Å². The molecule has 1 nitrogen and oxygen atoms in total. The minimum absolute atomic E-state index is 0.224. The summed E-state index contributed by atoms with van der Waals surface area (Å²) in [5.74, 6) is -158. The molecule has 0 aromatic heterocycles. The van der Waals surface area contributed by atoms with Gasteiger partial charge in [-0.2, -0.15) is 154 Å². The first kappa shape index (κ1) is 57.4. The molecule has 0 aromatic rings. The Labute approximate surface area is 302 Å². The zero-order valence-electron chi connectivity index (χ0n) is 27.1. The minimum atomic E-state index is -10.4. The number of hydrogen-bond acceptors (Lipinski definition) is 0. The summed E-state index contributed by atoms with van der Waals surface area (Å²) in [5, 5.41) is 0. The van der Waals surface area contributed by atoms with E-state index in [2.05, 4.69) is 0 Å². The van der Waals surface area contributed by atoms with Gasteiger partial charge in [0.05, 0.1) is 20.6 Å². The van der Waals surface area contributed by atoms with E-state index in [9.17, 15) is 162 Å². The molecule has 0 aliphatic heterocycles. The Hall–Kier alpha value is -2.63. The van der Waals surface area contributed by atoms with Crippen molar-refractivity contribution in [2.24, 2.45) is 0 Å². The second kappa shape index (κ2) is 13.7. The highest BCUT2D eigenvalue weighted by atomic mass is 19.4. The molecule has 0 unspecified atom stereocenters. The molecular formula is C22H11F37N+. The van der Waals surface area contributed by atoms with E-state index in [1.54, 1.807) is 0 Å². The highest BCUT2D eigenvalue weighted by Crippen LogP contribution is 2.70. The van der Waals surface area contributed by atoms with Gasteiger partial charge in [0.25, 0.3) is 0 Å². The lowest BCUT2D eigenvalue weighted by molar-refractivity contribution is -0.989. The molecule has 362 valence electrons. The second-order valence-corrected chi connectivity index (χ2v) is 12.2. The van der Waals surface area contributed by atoms with Crippen LogP contribution in [0.3, 0.4) is 0 Å². The Morgan fingerprint density at radius 2 is 0.333 bits per heavy atom. The van der Waals surface area contributed by atoms with Gasteiger partial charge in [0.15, 0.2) is 0 Å². The molecule has 38 heteroatoms. The number of nitrogens with zero attached hydrogens (tertiary/aromatic N) is 1. The van der Waals surface area contributed by atoms with Gasteiger partial charge in [-0.3, -0.25) is 4.48 Å². The van der Waals surface area contributed by atoms with Crippen LogP contribution < -0.4 is 0 Å². The van der Waals surface area contributed by atoms with E-state index >= 15 is 0 Å². The molecule has 0 fully saturated rings. The lowest BCUT2D eigenvalue weighted by Gasteiger charge is -2.47. The Morgan fingerprint density at radius 3 is 0.450 bits per heavy atom. The third-order valence-electron chi connectivity index (χ3n) is 8.20. The maximum Gasteiger partial charge on any atom is 0.461 e. The summed E-state index contributed by atoms with van der Waals surface area (Å²) in [6.45, 7) is -1.53. The SMILES string of the molecule is CC[N+](C)(C)C(F)(F)C(F)(F)C(F)(F)C(F)(F)C(F)(F)C(F)(F)C(F)(F)C(F)(F)C(F)(F)C(F)(F)C(F)(F)C(F)(F)C(F)(F)C(F)(F)C(F)(F)C(F)(F)C(F)(F)C(F)(F)F. The molecule has 0 aromatic carbocycles. The lowest BCUT2D eigenvalue weighted by atomic mass is 9.82. The quantitative estimate of drug-likeness (QED) is 0.0729. The molecule has 0 amide bonds. The van der Waals surface area contributed by atoms with E-state index in [4.69, 9.17) is 0 Å². The topological polar surface area (TPSA) is 0 Å². The summed E-state index contributed by atoms with van der Waals surface area (Å²) in [7, 11) is -0.843. The zero-order chi connectivity index (χ0) is 50.2. The third-order valence-corrected chi connectivity index (χ3v) is 8.20. The van der Waals surface area contributed by atoms with Crippen LogP contribution in [0.1, 0.15) is 6.92 Å². The van der Waals surface area contributed by atoms with Crippen LogP contribution in [0, 0.1) is 0 Å². The summed E-state index contributed by atoms with van der Waals surface area (Å²) in [4.78, 5) is 0. The van der Waals surface area contributed by atoms with Gasteiger partial charge >= 0.3 is 107 Å². The first-order valence-electron chi connectivity index (χ1n) is 13.4. The Kier molecular flexibility index (Phi) is 13.1. The molecule has 0 bridgehead atoms. The van der Waals surface area contributed by atoms with E-state index in [1.165, 1.54) is 0 Å². The van der Waals surface area contributed by atoms with Crippen molar-refractivity contribution in [1.29, 1.82) is 0 Å². The van der Waals surface area contributed by atoms with Crippen LogP contribution in [0.2, 0.25) is 0 Å². The molecule has 60 heavy (non-hydrogen) atoms. The number of halogens is 37. The van der Waals surface area contributed by atoms with Gasteiger partial charge in [-0.05, 0) is 6.92 Å². The van der Waals surface area contributed by atoms with Gasteiger partial charge in [-0.1, -0.05) is 0 Å². The van der Waals surface area contributed by atoms with Gasteiger partial charge in [0.1, 0.15) is 0 Å².